The number of ether oxygens (including phenoxy) is 1. The van der Waals surface area contributed by atoms with Crippen LogP contribution >= 0.6 is 7.82 Å². The van der Waals surface area contributed by atoms with Gasteiger partial charge in [-0.2, -0.15) is 0 Å². The Morgan fingerprint density at radius 2 is 0.772 bits per heavy atom. The van der Waals surface area contributed by atoms with Crippen LogP contribution in [0.2, 0.25) is 0 Å². The minimum absolute atomic E-state index is 0.0236. The Labute approximate surface area is 490 Å². The molecule has 0 aliphatic carbocycles. The fourth-order valence-electron chi connectivity index (χ4n) is 9.70. The molecule has 0 spiro atoms. The molecule has 3 atom stereocenters. The van der Waals surface area contributed by atoms with Crippen LogP contribution in [-0.4, -0.2) is 69.4 Å². The van der Waals surface area contributed by atoms with Gasteiger partial charge in [0.15, 0.2) is 0 Å². The van der Waals surface area contributed by atoms with Gasteiger partial charge in [0.25, 0.3) is 7.82 Å². The number of hydrogen-bond acceptors (Lipinski definition) is 7. The molecule has 0 aliphatic heterocycles. The van der Waals surface area contributed by atoms with E-state index in [0.717, 1.165) is 83.5 Å². The fraction of sp³-hybridized carbons (Fsp3) is 0.826. The first-order valence-electron chi connectivity index (χ1n) is 33.6. The van der Waals surface area contributed by atoms with Gasteiger partial charge in [-0.3, -0.25) is 14.2 Å². The van der Waals surface area contributed by atoms with Gasteiger partial charge in [0.2, 0.25) is 5.91 Å². The SMILES string of the molecule is CCCCC/C=C\C/C=C\C/C=C\CCCCCCCCCCCCCCC(=O)OC(/C=C\CCCCCCCCCCC)C(COP(=O)([O-])OCC[N+](C)(C)C)NC(=O)CCCCCCCCC/C=C/CCCCCCCC. The van der Waals surface area contributed by atoms with Gasteiger partial charge in [-0.15, -0.1) is 0 Å². The van der Waals surface area contributed by atoms with Crippen molar-refractivity contribution < 1.29 is 37.3 Å². The highest BCUT2D eigenvalue weighted by molar-refractivity contribution is 7.45. The smallest absolute Gasteiger partial charge is 0.306 e. The Balaban J connectivity index is 5.07. The Hall–Kier alpha value is -2.29. The summed E-state index contributed by atoms with van der Waals surface area (Å²) in [5.74, 6) is -0.540. The Kier molecular flexibility index (Phi) is 57.2. The molecule has 9 nitrogen and oxygen atoms in total. The second-order valence-electron chi connectivity index (χ2n) is 24.0. The van der Waals surface area contributed by atoms with Gasteiger partial charge in [-0.1, -0.05) is 268 Å². The molecule has 0 rings (SSSR count). The number of phosphoric ester groups is 1. The lowest BCUT2D eigenvalue weighted by Gasteiger charge is -2.30. The van der Waals surface area contributed by atoms with Crippen LogP contribution in [0.15, 0.2) is 60.8 Å². The lowest BCUT2D eigenvalue weighted by Crippen LogP contribution is -2.47. The van der Waals surface area contributed by atoms with Crippen molar-refractivity contribution in [1.82, 2.24) is 5.32 Å². The first-order valence-corrected chi connectivity index (χ1v) is 35.1. The first kappa shape index (κ1) is 76.7. The number of carbonyl (C=O) groups is 2. The van der Waals surface area contributed by atoms with Crippen molar-refractivity contribution in [1.29, 1.82) is 0 Å². The van der Waals surface area contributed by atoms with Crippen molar-refractivity contribution in [3.63, 3.8) is 0 Å². The number of allylic oxidation sites excluding steroid dienone is 9. The number of phosphoric acid groups is 1. The summed E-state index contributed by atoms with van der Waals surface area (Å²) in [4.78, 5) is 40.1. The number of quaternary nitrogens is 1. The highest BCUT2D eigenvalue weighted by Gasteiger charge is 2.27. The lowest BCUT2D eigenvalue weighted by molar-refractivity contribution is -0.870. The molecule has 0 saturated heterocycles. The minimum Gasteiger partial charge on any atom is -0.756 e. The number of hydrogen-bond donors (Lipinski definition) is 1. The molecule has 0 aromatic carbocycles. The van der Waals surface area contributed by atoms with Gasteiger partial charge in [0.1, 0.15) is 19.3 Å². The molecule has 1 N–H and O–H groups in total. The van der Waals surface area contributed by atoms with E-state index in [1.165, 1.54) is 199 Å². The van der Waals surface area contributed by atoms with E-state index < -0.39 is 20.0 Å². The van der Waals surface area contributed by atoms with Crippen LogP contribution in [0.4, 0.5) is 0 Å². The van der Waals surface area contributed by atoms with Gasteiger partial charge in [-0.05, 0) is 96.0 Å². The third kappa shape index (κ3) is 60.1. The largest absolute Gasteiger partial charge is 0.756 e. The molecule has 79 heavy (non-hydrogen) atoms. The quantitative estimate of drug-likeness (QED) is 0.0212. The van der Waals surface area contributed by atoms with E-state index in [0.29, 0.717) is 17.4 Å². The number of carbonyl (C=O) groups excluding carboxylic acids is 2. The molecule has 10 heteroatoms. The molecule has 3 unspecified atom stereocenters. The van der Waals surface area contributed by atoms with Crippen molar-refractivity contribution in [2.75, 3.05) is 40.9 Å². The van der Waals surface area contributed by atoms with Crippen LogP contribution in [0.5, 0.6) is 0 Å². The van der Waals surface area contributed by atoms with E-state index >= 15 is 0 Å². The van der Waals surface area contributed by atoms with Gasteiger partial charge in [-0.25, -0.2) is 0 Å². The van der Waals surface area contributed by atoms with Crippen molar-refractivity contribution in [2.24, 2.45) is 0 Å². The van der Waals surface area contributed by atoms with Gasteiger partial charge >= 0.3 is 5.97 Å². The molecule has 0 saturated carbocycles. The topological polar surface area (TPSA) is 114 Å². The van der Waals surface area contributed by atoms with Crippen LogP contribution in [0.25, 0.3) is 0 Å². The predicted molar refractivity (Wildman–Crippen MR) is 339 cm³/mol. The van der Waals surface area contributed by atoms with Gasteiger partial charge in [0.05, 0.1) is 33.8 Å². The van der Waals surface area contributed by atoms with E-state index in [1.54, 1.807) is 0 Å². The summed E-state index contributed by atoms with van der Waals surface area (Å²) in [6.45, 7) is 6.83. The minimum atomic E-state index is -4.70. The molecule has 0 fully saturated rings. The number of unbranched alkanes of at least 4 members (excludes halogenated alkanes) is 37. The summed E-state index contributed by atoms with van der Waals surface area (Å²) in [6.07, 6.45) is 74.8. The molecule has 1 amide bonds. The number of esters is 1. The van der Waals surface area contributed by atoms with Crippen LogP contribution in [-0.2, 0) is 27.9 Å². The second kappa shape index (κ2) is 58.9. The van der Waals surface area contributed by atoms with E-state index in [2.05, 4.69) is 74.7 Å². The second-order valence-corrected chi connectivity index (χ2v) is 25.4. The van der Waals surface area contributed by atoms with Crippen LogP contribution < -0.4 is 10.2 Å². The van der Waals surface area contributed by atoms with E-state index in [9.17, 15) is 19.0 Å². The summed E-state index contributed by atoms with van der Waals surface area (Å²) in [6, 6.07) is -0.891. The molecule has 0 aromatic rings. The summed E-state index contributed by atoms with van der Waals surface area (Å²) < 4.78 is 30.4. The van der Waals surface area contributed by atoms with Crippen molar-refractivity contribution >= 4 is 19.7 Å². The Morgan fingerprint density at radius 1 is 0.443 bits per heavy atom. The molecule has 0 radical (unpaired) electrons. The highest BCUT2D eigenvalue weighted by Crippen LogP contribution is 2.38. The highest BCUT2D eigenvalue weighted by atomic mass is 31.2. The van der Waals surface area contributed by atoms with Crippen molar-refractivity contribution in [2.45, 2.75) is 328 Å². The zero-order chi connectivity index (χ0) is 57.9. The van der Waals surface area contributed by atoms with E-state index in [1.807, 2.05) is 33.3 Å². The average molecular weight is 1130 g/mol. The number of nitrogens with one attached hydrogen (secondary N) is 1. The maximum Gasteiger partial charge on any atom is 0.306 e. The number of amides is 1. The van der Waals surface area contributed by atoms with Crippen LogP contribution in [0.3, 0.4) is 0 Å². The monoisotopic (exact) mass is 1130 g/mol. The average Bonchev–Trinajstić information content (AvgIpc) is 3.41. The number of likely N-dealkylation sites (N-methyl/N-ethyl adjacent to an activating group) is 1. The Bertz CT molecular complexity index is 1540. The zero-order valence-electron chi connectivity index (χ0n) is 52.8. The third-order valence-corrected chi connectivity index (χ3v) is 15.9. The van der Waals surface area contributed by atoms with Crippen molar-refractivity contribution in [3.05, 3.63) is 60.8 Å². The maximum absolute atomic E-state index is 13.5. The maximum atomic E-state index is 13.5. The van der Waals surface area contributed by atoms with E-state index in [-0.39, 0.29) is 31.5 Å². The van der Waals surface area contributed by atoms with Crippen LogP contribution in [0.1, 0.15) is 316 Å². The lowest BCUT2D eigenvalue weighted by atomic mass is 10.0. The molecular weight excluding hydrogens is 1000 g/mol. The molecule has 0 aliphatic rings. The molecule has 462 valence electrons. The molecule has 0 bridgehead atoms. The first-order chi connectivity index (χ1) is 38.4. The fourth-order valence-corrected chi connectivity index (χ4v) is 10.4. The zero-order valence-corrected chi connectivity index (χ0v) is 53.7. The third-order valence-electron chi connectivity index (χ3n) is 14.9. The number of nitrogens with zero attached hydrogens (tertiary/aromatic N) is 1. The standard InChI is InChI=1S/C69H129N2O7P/c1-7-10-13-16-19-22-25-27-29-31-32-33-34-35-36-37-38-40-42-44-47-50-53-56-59-62-69(73)78-67(60-57-54-51-48-45-24-21-18-15-12-9-3)66(65-77-79(74,75)76-64-63-71(4,5)6)70-68(72)61-58-55-52-49-46-43-41-39-30-28-26-23-20-17-14-11-8-2/h19,22,27-30,32-33,57,60,66-67H,7-18,20-21,23-26,31,34-56,58-59,61-65H2,1-6H3,(H-,70,72,74,75)/b22-19-,29-27-,30-28+,33-32-,60-57-. The normalized spacial score (nSPS) is 14.0. The number of rotatable bonds is 61. The summed E-state index contributed by atoms with van der Waals surface area (Å²) >= 11 is 0. The summed E-state index contributed by atoms with van der Waals surface area (Å²) in [5.41, 5.74) is 0. The van der Waals surface area contributed by atoms with Crippen LogP contribution in [0, 0.1) is 0 Å². The van der Waals surface area contributed by atoms with Crippen molar-refractivity contribution in [3.8, 4) is 0 Å². The Morgan fingerprint density at radius 3 is 1.19 bits per heavy atom. The molecular formula is C69H129N2O7P. The molecule has 0 heterocycles. The van der Waals surface area contributed by atoms with Gasteiger partial charge in [0, 0.05) is 12.8 Å². The van der Waals surface area contributed by atoms with Gasteiger partial charge < -0.3 is 28.5 Å². The summed E-state index contributed by atoms with van der Waals surface area (Å²) in [5, 5.41) is 3.03. The van der Waals surface area contributed by atoms with E-state index in [4.69, 9.17) is 13.8 Å². The molecule has 0 aromatic heterocycles. The summed E-state index contributed by atoms with van der Waals surface area (Å²) in [7, 11) is 1.19. The predicted octanol–water partition coefficient (Wildman–Crippen LogP) is 20.4.